The van der Waals surface area contributed by atoms with Gasteiger partial charge in [-0.2, -0.15) is 4.98 Å². The van der Waals surface area contributed by atoms with Crippen molar-refractivity contribution in [2.45, 2.75) is 23.6 Å². The number of nitrogens with one attached hydrogen (secondary N) is 2. The maximum Gasteiger partial charge on any atom is 0.346 e. The summed E-state index contributed by atoms with van der Waals surface area (Å²) in [5.41, 5.74) is 1.85. The molecule has 5 nitrogen and oxygen atoms in total. The molecule has 3 rings (SSSR count). The molecule has 1 aromatic heterocycles. The van der Waals surface area contributed by atoms with Gasteiger partial charge in [0.25, 0.3) is 0 Å². The monoisotopic (exact) mass is 288 g/mol. The summed E-state index contributed by atoms with van der Waals surface area (Å²) in [7, 11) is 0. The molecule has 1 aliphatic heterocycles. The lowest BCUT2D eigenvalue weighted by Gasteiger charge is -2.25. The zero-order chi connectivity index (χ0) is 14.1. The zero-order valence-corrected chi connectivity index (χ0v) is 12.3. The largest absolute Gasteiger partial charge is 0.372 e. The molecule has 1 aliphatic rings. The first-order chi connectivity index (χ1) is 9.71. The van der Waals surface area contributed by atoms with E-state index in [1.54, 1.807) is 18.0 Å². The number of hydrogen-bond acceptors (Lipinski definition) is 5. The van der Waals surface area contributed by atoms with E-state index in [9.17, 15) is 4.79 Å². The van der Waals surface area contributed by atoms with Gasteiger partial charge < -0.3 is 15.2 Å². The summed E-state index contributed by atoms with van der Waals surface area (Å²) < 4.78 is 0. The van der Waals surface area contributed by atoms with Crippen LogP contribution in [0.5, 0.6) is 0 Å². The van der Waals surface area contributed by atoms with Crippen LogP contribution in [0.4, 0.5) is 17.2 Å². The highest BCUT2D eigenvalue weighted by atomic mass is 32.2. The second-order valence-corrected chi connectivity index (χ2v) is 5.58. The molecule has 0 saturated carbocycles. The molecule has 2 aromatic rings. The van der Waals surface area contributed by atoms with Gasteiger partial charge in [0.1, 0.15) is 0 Å². The SMILES string of the molecule is CCN(CC)c1ccc2c(c1)Nc1nc(=O)[nH]cc1S2. The first kappa shape index (κ1) is 13.1. The third kappa shape index (κ3) is 2.27. The van der Waals surface area contributed by atoms with Crippen LogP contribution in [-0.2, 0) is 0 Å². The highest BCUT2D eigenvalue weighted by Gasteiger charge is 2.18. The molecule has 0 saturated heterocycles. The Bertz CT molecular complexity index is 694. The third-order valence-corrected chi connectivity index (χ3v) is 4.45. The fourth-order valence-electron chi connectivity index (χ4n) is 2.29. The van der Waals surface area contributed by atoms with Crippen LogP contribution >= 0.6 is 11.8 Å². The number of benzene rings is 1. The standard InChI is InChI=1S/C14H16N4OS/c1-3-18(4-2)9-5-6-11-10(7-9)16-13-12(20-11)8-15-14(19)17-13/h5-8H,3-4H2,1-2H3,(H2,15,16,17,19). The van der Waals surface area contributed by atoms with Crippen molar-refractivity contribution in [3.05, 3.63) is 34.9 Å². The number of hydrogen-bond donors (Lipinski definition) is 2. The average molecular weight is 288 g/mol. The predicted molar refractivity (Wildman–Crippen MR) is 82.3 cm³/mol. The zero-order valence-electron chi connectivity index (χ0n) is 11.4. The topological polar surface area (TPSA) is 61.0 Å². The van der Waals surface area contributed by atoms with Crippen molar-refractivity contribution in [1.82, 2.24) is 9.97 Å². The van der Waals surface area contributed by atoms with Gasteiger partial charge in [-0.05, 0) is 32.0 Å². The lowest BCUT2D eigenvalue weighted by molar-refractivity contribution is 0.865. The van der Waals surface area contributed by atoms with E-state index in [2.05, 4.69) is 52.2 Å². The Morgan fingerprint density at radius 3 is 2.80 bits per heavy atom. The van der Waals surface area contributed by atoms with Gasteiger partial charge in [-0.3, -0.25) is 0 Å². The Morgan fingerprint density at radius 2 is 2.05 bits per heavy atom. The second kappa shape index (κ2) is 5.20. The van der Waals surface area contributed by atoms with E-state index in [1.165, 1.54) is 5.69 Å². The van der Waals surface area contributed by atoms with E-state index in [1.807, 2.05) is 0 Å². The van der Waals surface area contributed by atoms with E-state index in [4.69, 9.17) is 0 Å². The fourth-order valence-corrected chi connectivity index (χ4v) is 3.19. The summed E-state index contributed by atoms with van der Waals surface area (Å²) >= 11 is 1.61. The minimum atomic E-state index is -0.333. The number of aromatic nitrogens is 2. The minimum Gasteiger partial charge on any atom is -0.372 e. The predicted octanol–water partition coefficient (Wildman–Crippen LogP) is 2.82. The summed E-state index contributed by atoms with van der Waals surface area (Å²) in [6.07, 6.45) is 1.70. The number of anilines is 3. The van der Waals surface area contributed by atoms with Gasteiger partial charge in [0.05, 0.1) is 10.6 Å². The Morgan fingerprint density at radius 1 is 1.25 bits per heavy atom. The molecule has 20 heavy (non-hydrogen) atoms. The van der Waals surface area contributed by atoms with E-state index in [0.29, 0.717) is 5.82 Å². The van der Waals surface area contributed by atoms with Gasteiger partial charge >= 0.3 is 5.69 Å². The van der Waals surface area contributed by atoms with Crippen LogP contribution in [0.25, 0.3) is 0 Å². The van der Waals surface area contributed by atoms with Crippen LogP contribution < -0.4 is 15.9 Å². The molecule has 6 heteroatoms. The highest BCUT2D eigenvalue weighted by Crippen LogP contribution is 2.43. The average Bonchev–Trinajstić information content (AvgIpc) is 2.46. The van der Waals surface area contributed by atoms with Gasteiger partial charge in [-0.15, -0.1) is 0 Å². The van der Waals surface area contributed by atoms with Crippen LogP contribution in [0.2, 0.25) is 0 Å². The summed E-state index contributed by atoms with van der Waals surface area (Å²) in [6, 6.07) is 6.35. The molecule has 104 valence electrons. The number of nitrogens with zero attached hydrogens (tertiary/aromatic N) is 2. The van der Waals surface area contributed by atoms with Crippen molar-refractivity contribution in [3.8, 4) is 0 Å². The first-order valence-corrected chi connectivity index (χ1v) is 7.46. The number of aromatic amines is 1. The molecule has 2 N–H and O–H groups in total. The van der Waals surface area contributed by atoms with Gasteiger partial charge in [0.2, 0.25) is 0 Å². The molecule has 0 amide bonds. The van der Waals surface area contributed by atoms with Crippen molar-refractivity contribution >= 4 is 29.0 Å². The molecular formula is C14H16N4OS. The summed E-state index contributed by atoms with van der Waals surface area (Å²) in [5, 5.41) is 3.25. The molecule has 1 aromatic carbocycles. The molecule has 0 spiro atoms. The number of fused-ring (bicyclic) bond motifs is 2. The fraction of sp³-hybridized carbons (Fsp3) is 0.286. The molecule has 0 aliphatic carbocycles. The van der Waals surface area contributed by atoms with Crippen molar-refractivity contribution in [2.75, 3.05) is 23.3 Å². The highest BCUT2D eigenvalue weighted by molar-refractivity contribution is 7.99. The van der Waals surface area contributed by atoms with Gasteiger partial charge in [-0.25, -0.2) is 4.79 Å². The molecular weight excluding hydrogens is 272 g/mol. The number of H-pyrrole nitrogens is 1. The number of rotatable bonds is 3. The normalized spacial score (nSPS) is 12.3. The third-order valence-electron chi connectivity index (χ3n) is 3.34. The summed E-state index contributed by atoms with van der Waals surface area (Å²) in [6.45, 7) is 6.22. The molecule has 0 fully saturated rings. The lowest BCUT2D eigenvalue weighted by Crippen LogP contribution is -2.22. The quantitative estimate of drug-likeness (QED) is 0.776. The van der Waals surface area contributed by atoms with Crippen molar-refractivity contribution < 1.29 is 0 Å². The molecule has 0 bridgehead atoms. The Hall–Kier alpha value is -1.95. The lowest BCUT2D eigenvalue weighted by atomic mass is 10.2. The molecule has 2 heterocycles. The summed E-state index contributed by atoms with van der Waals surface area (Å²) in [5.74, 6) is 0.628. The van der Waals surface area contributed by atoms with E-state index in [-0.39, 0.29) is 5.69 Å². The maximum absolute atomic E-state index is 11.3. The smallest absolute Gasteiger partial charge is 0.346 e. The van der Waals surface area contributed by atoms with E-state index in [0.717, 1.165) is 28.6 Å². The molecule has 0 atom stereocenters. The van der Waals surface area contributed by atoms with Crippen LogP contribution in [0.15, 0.2) is 39.0 Å². The van der Waals surface area contributed by atoms with E-state index < -0.39 is 0 Å². The Balaban J connectivity index is 1.98. The molecule has 0 unspecified atom stereocenters. The van der Waals surface area contributed by atoms with Crippen LogP contribution in [0, 0.1) is 0 Å². The molecule has 0 radical (unpaired) electrons. The van der Waals surface area contributed by atoms with Gasteiger partial charge in [0.15, 0.2) is 5.82 Å². The van der Waals surface area contributed by atoms with Crippen LogP contribution in [-0.4, -0.2) is 23.1 Å². The van der Waals surface area contributed by atoms with E-state index >= 15 is 0 Å². The Labute approximate surface area is 121 Å². The van der Waals surface area contributed by atoms with Crippen molar-refractivity contribution in [2.24, 2.45) is 0 Å². The first-order valence-electron chi connectivity index (χ1n) is 6.65. The van der Waals surface area contributed by atoms with Crippen molar-refractivity contribution in [3.63, 3.8) is 0 Å². The van der Waals surface area contributed by atoms with Crippen LogP contribution in [0.1, 0.15) is 13.8 Å². The van der Waals surface area contributed by atoms with Gasteiger partial charge in [-0.1, -0.05) is 11.8 Å². The van der Waals surface area contributed by atoms with Gasteiger partial charge in [0, 0.05) is 29.9 Å². The maximum atomic E-state index is 11.3. The van der Waals surface area contributed by atoms with Crippen LogP contribution in [0.3, 0.4) is 0 Å². The second-order valence-electron chi connectivity index (χ2n) is 4.50. The Kier molecular flexibility index (Phi) is 3.40. The minimum absolute atomic E-state index is 0.333. The summed E-state index contributed by atoms with van der Waals surface area (Å²) in [4.78, 5) is 22.2. The van der Waals surface area contributed by atoms with Crippen molar-refractivity contribution in [1.29, 1.82) is 0 Å².